The van der Waals surface area contributed by atoms with Crippen molar-refractivity contribution in [2.75, 3.05) is 7.11 Å². The van der Waals surface area contributed by atoms with Gasteiger partial charge in [0.1, 0.15) is 16.7 Å². The van der Waals surface area contributed by atoms with Crippen LogP contribution in [0.1, 0.15) is 19.4 Å². The molecule has 0 bridgehead atoms. The van der Waals surface area contributed by atoms with Gasteiger partial charge in [-0.05, 0) is 44.0 Å². The number of hydrogen-bond donors (Lipinski definition) is 2. The number of halogens is 1. The number of amides is 1. The van der Waals surface area contributed by atoms with Gasteiger partial charge in [0.2, 0.25) is 15.9 Å². The number of carbonyl (C=O) groups is 1. The van der Waals surface area contributed by atoms with Gasteiger partial charge >= 0.3 is 0 Å². The van der Waals surface area contributed by atoms with Crippen molar-refractivity contribution in [3.05, 3.63) is 59.1 Å². The summed E-state index contributed by atoms with van der Waals surface area (Å²) in [5.74, 6) is -0.256. The summed E-state index contributed by atoms with van der Waals surface area (Å²) in [7, 11) is -2.68. The number of ether oxygens (including phenoxy) is 1. The molecule has 0 aromatic heterocycles. The van der Waals surface area contributed by atoms with E-state index in [1.165, 1.54) is 25.3 Å². The number of sulfonamides is 1. The first-order valence-corrected chi connectivity index (χ1v) is 10.3. The topological polar surface area (TPSA) is 84.5 Å². The van der Waals surface area contributed by atoms with Gasteiger partial charge in [-0.25, -0.2) is 8.42 Å². The van der Waals surface area contributed by atoms with Crippen LogP contribution in [0.2, 0.25) is 5.02 Å². The van der Waals surface area contributed by atoms with E-state index in [9.17, 15) is 13.2 Å². The summed E-state index contributed by atoms with van der Waals surface area (Å²) in [5.41, 5.74) is 0.835. The van der Waals surface area contributed by atoms with E-state index >= 15 is 0 Å². The molecule has 0 saturated heterocycles. The molecule has 6 nitrogen and oxygen atoms in total. The van der Waals surface area contributed by atoms with Gasteiger partial charge in [0.05, 0.1) is 7.11 Å². The summed E-state index contributed by atoms with van der Waals surface area (Å²) in [6.07, 6.45) is 0.210. The van der Waals surface area contributed by atoms with Crippen molar-refractivity contribution in [1.29, 1.82) is 0 Å². The number of benzene rings is 2. The molecule has 146 valence electrons. The molecule has 27 heavy (non-hydrogen) atoms. The van der Waals surface area contributed by atoms with Crippen LogP contribution >= 0.6 is 11.6 Å². The molecule has 2 aromatic carbocycles. The van der Waals surface area contributed by atoms with E-state index in [0.717, 1.165) is 5.56 Å². The maximum absolute atomic E-state index is 12.9. The third-order valence-corrected chi connectivity index (χ3v) is 5.47. The second-order valence-electron chi connectivity index (χ2n) is 6.32. The fourth-order valence-electron chi connectivity index (χ4n) is 2.53. The van der Waals surface area contributed by atoms with Gasteiger partial charge in [0, 0.05) is 11.1 Å². The molecule has 1 atom stereocenters. The van der Waals surface area contributed by atoms with Crippen LogP contribution in [0.4, 0.5) is 0 Å². The monoisotopic (exact) mass is 410 g/mol. The van der Waals surface area contributed by atoms with Crippen LogP contribution < -0.4 is 14.8 Å². The Morgan fingerprint density at radius 3 is 2.41 bits per heavy atom. The molecule has 2 N–H and O–H groups in total. The second kappa shape index (κ2) is 9.21. The van der Waals surface area contributed by atoms with E-state index in [1.807, 2.05) is 44.2 Å². The SMILES string of the molecule is COc1ccc(Cl)cc1S(=O)(=O)N[C@@H](Cc1ccccc1)C(=O)NC(C)C. The minimum atomic E-state index is -4.05. The Labute approximate surface area is 164 Å². The van der Waals surface area contributed by atoms with Crippen LogP contribution in [0.5, 0.6) is 5.75 Å². The van der Waals surface area contributed by atoms with Crippen LogP contribution in [0.15, 0.2) is 53.4 Å². The molecule has 0 fully saturated rings. The highest BCUT2D eigenvalue weighted by Crippen LogP contribution is 2.27. The van der Waals surface area contributed by atoms with Crippen molar-refractivity contribution in [2.24, 2.45) is 0 Å². The van der Waals surface area contributed by atoms with Crippen LogP contribution in [-0.2, 0) is 21.2 Å². The minimum Gasteiger partial charge on any atom is -0.495 e. The normalized spacial score (nSPS) is 12.6. The predicted octanol–water partition coefficient (Wildman–Crippen LogP) is 2.76. The lowest BCUT2D eigenvalue weighted by atomic mass is 10.1. The zero-order valence-electron chi connectivity index (χ0n) is 15.4. The summed E-state index contributed by atoms with van der Waals surface area (Å²) >= 11 is 5.95. The first-order chi connectivity index (χ1) is 12.7. The smallest absolute Gasteiger partial charge is 0.245 e. The molecule has 8 heteroatoms. The highest BCUT2D eigenvalue weighted by molar-refractivity contribution is 7.89. The van der Waals surface area contributed by atoms with Gasteiger partial charge < -0.3 is 10.1 Å². The highest BCUT2D eigenvalue weighted by Gasteiger charge is 2.28. The Morgan fingerprint density at radius 1 is 1.15 bits per heavy atom. The Kier molecular flexibility index (Phi) is 7.24. The molecule has 0 heterocycles. The van der Waals surface area contributed by atoms with Crippen molar-refractivity contribution in [2.45, 2.75) is 37.2 Å². The van der Waals surface area contributed by atoms with Gasteiger partial charge in [0.25, 0.3) is 0 Å². The molecule has 0 aliphatic rings. The average Bonchev–Trinajstić information content (AvgIpc) is 2.61. The quantitative estimate of drug-likeness (QED) is 0.700. The highest BCUT2D eigenvalue weighted by atomic mass is 35.5. The van der Waals surface area contributed by atoms with E-state index < -0.39 is 22.0 Å². The van der Waals surface area contributed by atoms with Gasteiger partial charge in [-0.15, -0.1) is 0 Å². The van der Waals surface area contributed by atoms with E-state index in [1.54, 1.807) is 0 Å². The number of nitrogens with one attached hydrogen (secondary N) is 2. The fourth-order valence-corrected chi connectivity index (χ4v) is 4.16. The van der Waals surface area contributed by atoms with Crippen molar-refractivity contribution in [1.82, 2.24) is 10.0 Å². The molecule has 0 spiro atoms. The van der Waals surface area contributed by atoms with E-state index in [-0.39, 0.29) is 28.1 Å². The van der Waals surface area contributed by atoms with Gasteiger partial charge in [-0.3, -0.25) is 4.79 Å². The standard InChI is InChI=1S/C19H23ClN2O4S/c1-13(2)21-19(23)16(11-14-7-5-4-6-8-14)22-27(24,25)18-12-15(20)9-10-17(18)26-3/h4-10,12-13,16,22H,11H2,1-3H3,(H,21,23)/t16-/m0/s1. The number of carbonyl (C=O) groups excluding carboxylic acids is 1. The Hall–Kier alpha value is -2.09. The maximum Gasteiger partial charge on any atom is 0.245 e. The molecular formula is C19H23ClN2O4S. The molecule has 0 saturated carbocycles. The lowest BCUT2D eigenvalue weighted by Crippen LogP contribution is -2.49. The summed E-state index contributed by atoms with van der Waals surface area (Å²) in [5, 5.41) is 3.01. The lowest BCUT2D eigenvalue weighted by molar-refractivity contribution is -0.123. The molecule has 0 aliphatic carbocycles. The van der Waals surface area contributed by atoms with Gasteiger partial charge in [-0.2, -0.15) is 4.72 Å². The van der Waals surface area contributed by atoms with Gasteiger partial charge in [-0.1, -0.05) is 41.9 Å². The van der Waals surface area contributed by atoms with E-state index in [4.69, 9.17) is 16.3 Å². The Bertz CT molecular complexity index is 886. The summed E-state index contributed by atoms with van der Waals surface area (Å²) in [6, 6.07) is 12.4. The number of methoxy groups -OCH3 is 1. The van der Waals surface area contributed by atoms with Crippen LogP contribution in [0, 0.1) is 0 Å². The fraction of sp³-hybridized carbons (Fsp3) is 0.316. The largest absolute Gasteiger partial charge is 0.495 e. The average molecular weight is 411 g/mol. The minimum absolute atomic E-state index is 0.118. The number of rotatable bonds is 8. The number of hydrogen-bond acceptors (Lipinski definition) is 4. The van der Waals surface area contributed by atoms with Crippen molar-refractivity contribution in [3.63, 3.8) is 0 Å². The van der Waals surface area contributed by atoms with Crippen molar-refractivity contribution >= 4 is 27.5 Å². The van der Waals surface area contributed by atoms with Crippen LogP contribution in [-0.4, -0.2) is 33.5 Å². The second-order valence-corrected chi connectivity index (χ2v) is 8.44. The third kappa shape index (κ3) is 5.95. The third-order valence-electron chi connectivity index (χ3n) is 3.74. The summed E-state index contributed by atoms with van der Waals surface area (Å²) < 4.78 is 33.5. The van der Waals surface area contributed by atoms with Crippen LogP contribution in [0.3, 0.4) is 0 Å². The Morgan fingerprint density at radius 2 is 1.81 bits per heavy atom. The molecular weight excluding hydrogens is 388 g/mol. The predicted molar refractivity (Wildman–Crippen MR) is 106 cm³/mol. The zero-order valence-corrected chi connectivity index (χ0v) is 17.0. The van der Waals surface area contributed by atoms with Crippen molar-refractivity contribution in [3.8, 4) is 5.75 Å². The summed E-state index contributed by atoms with van der Waals surface area (Å²) in [4.78, 5) is 12.5. The van der Waals surface area contributed by atoms with Crippen LogP contribution in [0.25, 0.3) is 0 Å². The first-order valence-electron chi connectivity index (χ1n) is 8.43. The van der Waals surface area contributed by atoms with Crippen molar-refractivity contribution < 1.29 is 17.9 Å². The molecule has 2 aromatic rings. The van der Waals surface area contributed by atoms with E-state index in [2.05, 4.69) is 10.0 Å². The molecule has 1 amide bonds. The lowest BCUT2D eigenvalue weighted by Gasteiger charge is -2.21. The zero-order chi connectivity index (χ0) is 20.0. The summed E-state index contributed by atoms with van der Waals surface area (Å²) in [6.45, 7) is 3.62. The van der Waals surface area contributed by atoms with E-state index in [0.29, 0.717) is 0 Å². The first kappa shape index (κ1) is 21.2. The molecule has 0 unspecified atom stereocenters. The molecule has 0 radical (unpaired) electrons. The maximum atomic E-state index is 12.9. The Balaban J connectivity index is 2.35. The van der Waals surface area contributed by atoms with Gasteiger partial charge in [0.15, 0.2) is 0 Å². The molecule has 2 rings (SSSR count). The molecule has 0 aliphatic heterocycles.